The Balaban J connectivity index is 1.94. The van der Waals surface area contributed by atoms with E-state index in [1.165, 1.54) is 25.5 Å². The van der Waals surface area contributed by atoms with Crippen LogP contribution in [-0.2, 0) is 0 Å². The Morgan fingerprint density at radius 2 is 2.15 bits per heavy atom. The zero-order valence-corrected chi connectivity index (χ0v) is 12.2. The minimum Gasteiger partial charge on any atom is -0.389 e. The lowest BCUT2D eigenvalue weighted by Gasteiger charge is -2.44. The Bertz CT molecular complexity index is 491. The Hall–Kier alpha value is -1.13. The zero-order chi connectivity index (χ0) is 14.3. The minimum absolute atomic E-state index is 0.307. The second kappa shape index (κ2) is 5.34. The molecule has 2 heterocycles. The number of hydrogen-bond acceptors (Lipinski definition) is 3. The number of piperazine rings is 1. The molecule has 0 aliphatic carbocycles. The molecule has 3 nitrogen and oxygen atoms in total. The Morgan fingerprint density at radius 3 is 2.90 bits per heavy atom. The highest BCUT2D eigenvalue weighted by Crippen LogP contribution is 2.34. The molecule has 1 aromatic rings. The van der Waals surface area contributed by atoms with Gasteiger partial charge in [0.25, 0.3) is 0 Å². The first-order valence-corrected chi connectivity index (χ1v) is 7.55. The third-order valence-corrected chi connectivity index (χ3v) is 4.69. The molecule has 2 saturated heterocycles. The summed E-state index contributed by atoms with van der Waals surface area (Å²) < 4.78 is 14.1. The van der Waals surface area contributed by atoms with Gasteiger partial charge in [-0.05, 0) is 45.4 Å². The van der Waals surface area contributed by atoms with Crippen LogP contribution in [0.15, 0.2) is 18.2 Å². The monoisotopic (exact) mass is 278 g/mol. The van der Waals surface area contributed by atoms with Gasteiger partial charge in [0.15, 0.2) is 0 Å². The van der Waals surface area contributed by atoms with Gasteiger partial charge < -0.3 is 10.0 Å². The van der Waals surface area contributed by atoms with Crippen LogP contribution < -0.4 is 4.90 Å². The highest BCUT2D eigenvalue weighted by molar-refractivity contribution is 5.56. The van der Waals surface area contributed by atoms with Crippen molar-refractivity contribution >= 4 is 5.69 Å². The van der Waals surface area contributed by atoms with Crippen LogP contribution in [0.1, 0.15) is 38.4 Å². The smallest absolute Gasteiger partial charge is 0.131 e. The summed E-state index contributed by atoms with van der Waals surface area (Å²) in [6, 6.07) is 6.04. The van der Waals surface area contributed by atoms with Crippen LogP contribution in [0.4, 0.5) is 10.1 Å². The number of anilines is 1. The second-order valence-electron chi connectivity index (χ2n) is 6.14. The predicted octanol–water partition coefficient (Wildman–Crippen LogP) is 2.55. The van der Waals surface area contributed by atoms with Crippen molar-refractivity contribution in [1.82, 2.24) is 4.90 Å². The summed E-state index contributed by atoms with van der Waals surface area (Å²) in [6.45, 7) is 6.98. The van der Waals surface area contributed by atoms with E-state index in [-0.39, 0.29) is 5.82 Å². The van der Waals surface area contributed by atoms with Crippen LogP contribution in [-0.4, -0.2) is 41.7 Å². The third kappa shape index (κ3) is 2.31. The summed E-state index contributed by atoms with van der Waals surface area (Å²) >= 11 is 0. The van der Waals surface area contributed by atoms with Crippen molar-refractivity contribution < 1.29 is 9.50 Å². The summed E-state index contributed by atoms with van der Waals surface area (Å²) in [6.07, 6.45) is 1.71. The molecule has 2 aliphatic rings. The van der Waals surface area contributed by atoms with Gasteiger partial charge in [-0.1, -0.05) is 6.07 Å². The van der Waals surface area contributed by atoms with Gasteiger partial charge in [-0.25, -0.2) is 4.39 Å². The van der Waals surface area contributed by atoms with Gasteiger partial charge in [0.05, 0.1) is 6.10 Å². The van der Waals surface area contributed by atoms with Crippen LogP contribution in [0, 0.1) is 5.82 Å². The molecule has 0 aromatic heterocycles. The Labute approximate surface area is 120 Å². The average Bonchev–Trinajstić information content (AvgIpc) is 2.84. The maximum atomic E-state index is 14.1. The SMILES string of the molecule is CC(O)c1c(F)cccc1N1CC2CCCN2CC1C. The molecule has 0 saturated carbocycles. The van der Waals surface area contributed by atoms with Crippen molar-refractivity contribution in [3.05, 3.63) is 29.6 Å². The molecule has 0 amide bonds. The quantitative estimate of drug-likeness (QED) is 0.900. The number of nitrogens with zero attached hydrogens (tertiary/aromatic N) is 2. The average molecular weight is 278 g/mol. The van der Waals surface area contributed by atoms with Crippen molar-refractivity contribution in [3.63, 3.8) is 0 Å². The fourth-order valence-electron chi connectivity index (χ4n) is 3.71. The maximum absolute atomic E-state index is 14.1. The molecule has 3 rings (SSSR count). The van der Waals surface area contributed by atoms with E-state index in [1.807, 2.05) is 6.07 Å². The van der Waals surface area contributed by atoms with E-state index in [0.29, 0.717) is 17.6 Å². The second-order valence-corrected chi connectivity index (χ2v) is 6.14. The number of aliphatic hydroxyl groups excluding tert-OH is 1. The lowest BCUT2D eigenvalue weighted by atomic mass is 10.0. The first-order valence-electron chi connectivity index (χ1n) is 7.55. The van der Waals surface area contributed by atoms with Crippen molar-refractivity contribution in [3.8, 4) is 0 Å². The first-order chi connectivity index (χ1) is 9.58. The standard InChI is InChI=1S/C16H23FN2O/c1-11-9-18-8-4-5-13(18)10-19(11)15-7-3-6-14(17)16(15)12(2)20/h3,6-7,11-13,20H,4-5,8-10H2,1-2H3. The van der Waals surface area contributed by atoms with Crippen molar-refractivity contribution in [1.29, 1.82) is 0 Å². The summed E-state index contributed by atoms with van der Waals surface area (Å²) in [4.78, 5) is 4.82. The molecule has 20 heavy (non-hydrogen) atoms. The third-order valence-electron chi connectivity index (χ3n) is 4.69. The number of aliphatic hydroxyl groups is 1. The normalized spacial score (nSPS) is 28.5. The predicted molar refractivity (Wildman–Crippen MR) is 78.4 cm³/mol. The molecule has 0 bridgehead atoms. The molecule has 4 heteroatoms. The van der Waals surface area contributed by atoms with Gasteiger partial charge in [0.2, 0.25) is 0 Å². The van der Waals surface area contributed by atoms with Gasteiger partial charge >= 0.3 is 0 Å². The molecule has 2 aliphatic heterocycles. The number of fused-ring (bicyclic) bond motifs is 1. The summed E-state index contributed by atoms with van der Waals surface area (Å²) in [5.41, 5.74) is 1.30. The van der Waals surface area contributed by atoms with E-state index in [2.05, 4.69) is 16.7 Å². The van der Waals surface area contributed by atoms with E-state index in [1.54, 1.807) is 13.0 Å². The molecule has 3 unspecified atom stereocenters. The van der Waals surface area contributed by atoms with E-state index in [9.17, 15) is 9.50 Å². The fraction of sp³-hybridized carbons (Fsp3) is 0.625. The first kappa shape index (κ1) is 13.8. The minimum atomic E-state index is -0.778. The summed E-state index contributed by atoms with van der Waals surface area (Å²) in [5, 5.41) is 9.91. The van der Waals surface area contributed by atoms with Crippen LogP contribution >= 0.6 is 0 Å². The molecule has 0 spiro atoms. The van der Waals surface area contributed by atoms with Gasteiger partial charge in [-0.2, -0.15) is 0 Å². The van der Waals surface area contributed by atoms with Crippen LogP contribution in [0.3, 0.4) is 0 Å². The number of rotatable bonds is 2. The fourth-order valence-corrected chi connectivity index (χ4v) is 3.71. The largest absolute Gasteiger partial charge is 0.389 e. The summed E-state index contributed by atoms with van der Waals surface area (Å²) in [5.74, 6) is -0.307. The molecule has 1 aromatic carbocycles. The van der Waals surface area contributed by atoms with E-state index >= 15 is 0 Å². The van der Waals surface area contributed by atoms with Crippen LogP contribution in [0.2, 0.25) is 0 Å². The molecule has 0 radical (unpaired) electrons. The van der Waals surface area contributed by atoms with Gasteiger partial charge in [-0.3, -0.25) is 4.90 Å². The van der Waals surface area contributed by atoms with E-state index in [0.717, 1.165) is 18.8 Å². The lowest BCUT2D eigenvalue weighted by molar-refractivity contribution is 0.188. The van der Waals surface area contributed by atoms with Crippen molar-refractivity contribution in [2.45, 2.75) is 44.9 Å². The van der Waals surface area contributed by atoms with Crippen LogP contribution in [0.25, 0.3) is 0 Å². The van der Waals surface area contributed by atoms with Crippen molar-refractivity contribution in [2.24, 2.45) is 0 Å². The molecular formula is C16H23FN2O. The summed E-state index contributed by atoms with van der Waals surface area (Å²) in [7, 11) is 0. The lowest BCUT2D eigenvalue weighted by Crippen LogP contribution is -2.55. The maximum Gasteiger partial charge on any atom is 0.131 e. The van der Waals surface area contributed by atoms with Gasteiger partial charge in [0, 0.05) is 36.4 Å². The highest BCUT2D eigenvalue weighted by Gasteiger charge is 2.35. The van der Waals surface area contributed by atoms with E-state index in [4.69, 9.17) is 0 Å². The molecular weight excluding hydrogens is 255 g/mol. The number of halogens is 1. The number of hydrogen-bond donors (Lipinski definition) is 1. The Kier molecular flexibility index (Phi) is 3.69. The molecule has 110 valence electrons. The van der Waals surface area contributed by atoms with Gasteiger partial charge in [0.1, 0.15) is 5.82 Å². The molecule has 2 fully saturated rings. The zero-order valence-electron chi connectivity index (χ0n) is 12.2. The topological polar surface area (TPSA) is 26.7 Å². The Morgan fingerprint density at radius 1 is 1.35 bits per heavy atom. The van der Waals surface area contributed by atoms with Gasteiger partial charge in [-0.15, -0.1) is 0 Å². The van der Waals surface area contributed by atoms with Crippen LogP contribution in [0.5, 0.6) is 0 Å². The van der Waals surface area contributed by atoms with Crippen molar-refractivity contribution in [2.75, 3.05) is 24.5 Å². The molecule has 3 atom stereocenters. The highest BCUT2D eigenvalue weighted by atomic mass is 19.1. The molecule has 1 N–H and O–H groups in total. The number of benzene rings is 1. The van der Waals surface area contributed by atoms with E-state index < -0.39 is 6.10 Å².